The molecule has 1 aromatic heterocycles. The zero-order valence-corrected chi connectivity index (χ0v) is 10.4. The molecule has 0 aromatic carbocycles. The maximum atomic E-state index is 9.77. The lowest BCUT2D eigenvalue weighted by Gasteiger charge is -2.17. The van der Waals surface area contributed by atoms with E-state index in [1.54, 1.807) is 0 Å². The quantitative estimate of drug-likeness (QED) is 0.827. The van der Waals surface area contributed by atoms with Crippen molar-refractivity contribution in [2.75, 3.05) is 12.4 Å². The first-order chi connectivity index (χ1) is 7.10. The van der Waals surface area contributed by atoms with Crippen molar-refractivity contribution >= 4 is 27.5 Å². The normalized spacial score (nSPS) is 14.7. The van der Waals surface area contributed by atoms with E-state index in [1.807, 2.05) is 0 Å². The summed E-state index contributed by atoms with van der Waals surface area (Å²) in [4.78, 5) is 3.89. The van der Waals surface area contributed by atoms with E-state index < -0.39 is 12.2 Å². The number of rotatable bonds is 4. The van der Waals surface area contributed by atoms with Gasteiger partial charge in [-0.05, 0) is 6.07 Å². The van der Waals surface area contributed by atoms with Crippen LogP contribution in [0.3, 0.4) is 0 Å². The van der Waals surface area contributed by atoms with E-state index in [4.69, 9.17) is 16.3 Å². The van der Waals surface area contributed by atoms with Crippen molar-refractivity contribution in [1.82, 2.24) is 4.98 Å². The Morgan fingerprint density at radius 1 is 1.60 bits per heavy atom. The highest BCUT2D eigenvalue weighted by Crippen LogP contribution is 2.28. The average Bonchev–Trinajstić information content (AvgIpc) is 2.27. The van der Waals surface area contributed by atoms with Crippen LogP contribution in [0, 0.1) is 0 Å². The SMILES string of the molecule is COc1ncc(Cl)cc1C(O)C(O)CBr. The van der Waals surface area contributed by atoms with Crippen LogP contribution >= 0.6 is 27.5 Å². The summed E-state index contributed by atoms with van der Waals surface area (Å²) in [5.41, 5.74) is 0.372. The maximum absolute atomic E-state index is 9.77. The number of alkyl halides is 1. The molecular weight excluding hydrogens is 285 g/mol. The first-order valence-corrected chi connectivity index (χ1v) is 5.71. The number of aromatic nitrogens is 1. The zero-order valence-electron chi connectivity index (χ0n) is 8.02. The third-order valence-electron chi connectivity index (χ3n) is 1.88. The molecule has 0 aliphatic carbocycles. The topological polar surface area (TPSA) is 62.6 Å². The van der Waals surface area contributed by atoms with Crippen LogP contribution in [0.4, 0.5) is 0 Å². The molecule has 2 unspecified atom stereocenters. The van der Waals surface area contributed by atoms with Gasteiger partial charge in [-0.25, -0.2) is 4.98 Å². The van der Waals surface area contributed by atoms with E-state index in [1.165, 1.54) is 19.4 Å². The molecule has 2 atom stereocenters. The molecule has 0 aliphatic heterocycles. The van der Waals surface area contributed by atoms with Gasteiger partial charge in [0.2, 0.25) is 5.88 Å². The zero-order chi connectivity index (χ0) is 11.4. The number of nitrogens with zero attached hydrogens (tertiary/aromatic N) is 1. The second kappa shape index (κ2) is 5.65. The van der Waals surface area contributed by atoms with E-state index in [9.17, 15) is 10.2 Å². The number of methoxy groups -OCH3 is 1. The average molecular weight is 297 g/mol. The molecule has 6 heteroatoms. The van der Waals surface area contributed by atoms with Crippen LogP contribution in [-0.2, 0) is 0 Å². The Labute approximate surface area is 101 Å². The Hall–Kier alpha value is -0.360. The molecule has 1 heterocycles. The molecule has 0 amide bonds. The van der Waals surface area contributed by atoms with Gasteiger partial charge in [0.05, 0.1) is 18.2 Å². The number of aliphatic hydroxyl groups excluding tert-OH is 2. The molecule has 1 rings (SSSR count). The lowest BCUT2D eigenvalue weighted by molar-refractivity contribution is 0.0324. The van der Waals surface area contributed by atoms with Crippen LogP contribution in [0.5, 0.6) is 5.88 Å². The summed E-state index contributed by atoms with van der Waals surface area (Å²) in [6, 6.07) is 1.52. The minimum atomic E-state index is -1.08. The lowest BCUT2D eigenvalue weighted by atomic mass is 10.1. The fraction of sp³-hybridized carbons (Fsp3) is 0.444. The van der Waals surface area contributed by atoms with Crippen molar-refractivity contribution < 1.29 is 14.9 Å². The van der Waals surface area contributed by atoms with Gasteiger partial charge in [-0.1, -0.05) is 27.5 Å². The Bertz CT molecular complexity index is 337. The van der Waals surface area contributed by atoms with Gasteiger partial charge in [-0.3, -0.25) is 0 Å². The fourth-order valence-electron chi connectivity index (χ4n) is 1.12. The van der Waals surface area contributed by atoms with Gasteiger partial charge < -0.3 is 14.9 Å². The second-order valence-corrected chi connectivity index (χ2v) is 4.00. The van der Waals surface area contributed by atoms with Crippen molar-refractivity contribution in [3.63, 3.8) is 0 Å². The lowest BCUT2D eigenvalue weighted by Crippen LogP contribution is -2.20. The van der Waals surface area contributed by atoms with Crippen molar-refractivity contribution in [2.24, 2.45) is 0 Å². The second-order valence-electron chi connectivity index (χ2n) is 2.92. The number of pyridine rings is 1. The van der Waals surface area contributed by atoms with Gasteiger partial charge in [0.1, 0.15) is 6.10 Å². The summed E-state index contributed by atoms with van der Waals surface area (Å²) in [6.07, 6.45) is -0.596. The molecule has 84 valence electrons. The molecule has 1 aromatic rings. The molecule has 2 N–H and O–H groups in total. The number of aliphatic hydroxyl groups is 2. The van der Waals surface area contributed by atoms with E-state index in [2.05, 4.69) is 20.9 Å². The summed E-state index contributed by atoms with van der Waals surface area (Å²) in [6.45, 7) is 0. The molecule has 0 saturated carbocycles. The minimum Gasteiger partial charge on any atom is -0.481 e. The Morgan fingerprint density at radius 3 is 2.80 bits per heavy atom. The Kier molecular flexibility index (Phi) is 4.79. The number of hydrogen-bond donors (Lipinski definition) is 2. The summed E-state index contributed by atoms with van der Waals surface area (Å²) in [7, 11) is 1.44. The number of halogens is 2. The van der Waals surface area contributed by atoms with Gasteiger partial charge in [0.25, 0.3) is 0 Å². The van der Waals surface area contributed by atoms with E-state index >= 15 is 0 Å². The summed E-state index contributed by atoms with van der Waals surface area (Å²) in [5.74, 6) is 0.256. The van der Waals surface area contributed by atoms with Crippen LogP contribution in [0.25, 0.3) is 0 Å². The Balaban J connectivity index is 3.05. The fourth-order valence-corrected chi connectivity index (χ4v) is 1.64. The number of hydrogen-bond acceptors (Lipinski definition) is 4. The minimum absolute atomic E-state index is 0.254. The first-order valence-electron chi connectivity index (χ1n) is 4.21. The Morgan fingerprint density at radius 2 is 2.27 bits per heavy atom. The van der Waals surface area contributed by atoms with Crippen LogP contribution in [0.1, 0.15) is 11.7 Å². The summed E-state index contributed by atoms with van der Waals surface area (Å²) < 4.78 is 4.96. The third kappa shape index (κ3) is 3.04. The summed E-state index contributed by atoms with van der Waals surface area (Å²) >= 11 is 8.82. The van der Waals surface area contributed by atoms with Gasteiger partial charge in [0.15, 0.2) is 0 Å². The smallest absolute Gasteiger partial charge is 0.219 e. The molecule has 15 heavy (non-hydrogen) atoms. The van der Waals surface area contributed by atoms with Crippen molar-refractivity contribution in [1.29, 1.82) is 0 Å². The summed E-state index contributed by atoms with van der Waals surface area (Å²) in [5, 5.41) is 19.9. The highest BCUT2D eigenvalue weighted by atomic mass is 79.9. The predicted molar refractivity (Wildman–Crippen MR) is 60.6 cm³/mol. The molecule has 0 spiro atoms. The molecule has 4 nitrogen and oxygen atoms in total. The highest BCUT2D eigenvalue weighted by Gasteiger charge is 2.22. The third-order valence-corrected chi connectivity index (χ3v) is 2.75. The first kappa shape index (κ1) is 12.7. The number of ether oxygens (including phenoxy) is 1. The van der Waals surface area contributed by atoms with Gasteiger partial charge >= 0.3 is 0 Å². The van der Waals surface area contributed by atoms with Crippen molar-refractivity contribution in [3.05, 3.63) is 22.8 Å². The van der Waals surface area contributed by atoms with E-state index in [-0.39, 0.29) is 11.2 Å². The van der Waals surface area contributed by atoms with Crippen molar-refractivity contribution in [3.8, 4) is 5.88 Å². The monoisotopic (exact) mass is 295 g/mol. The molecule has 0 fully saturated rings. The van der Waals surface area contributed by atoms with Crippen LogP contribution in [-0.4, -0.2) is 33.7 Å². The maximum Gasteiger partial charge on any atom is 0.219 e. The van der Waals surface area contributed by atoms with E-state index in [0.29, 0.717) is 10.6 Å². The van der Waals surface area contributed by atoms with Crippen LogP contribution in [0.15, 0.2) is 12.3 Å². The molecule has 0 saturated heterocycles. The van der Waals surface area contributed by atoms with Crippen LogP contribution < -0.4 is 4.74 Å². The largest absolute Gasteiger partial charge is 0.481 e. The standard InChI is InChI=1S/C9H11BrClNO3/c1-15-9-6(2-5(11)4-12-9)8(14)7(13)3-10/h2,4,7-8,13-14H,3H2,1H3. The molecule has 0 radical (unpaired) electrons. The molecule has 0 bridgehead atoms. The van der Waals surface area contributed by atoms with Crippen molar-refractivity contribution in [2.45, 2.75) is 12.2 Å². The van der Waals surface area contributed by atoms with Gasteiger partial charge in [0, 0.05) is 17.1 Å². The predicted octanol–water partition coefficient (Wildman–Crippen LogP) is 1.53. The highest BCUT2D eigenvalue weighted by molar-refractivity contribution is 9.09. The van der Waals surface area contributed by atoms with Gasteiger partial charge in [-0.15, -0.1) is 0 Å². The molecular formula is C9H11BrClNO3. The molecule has 0 aliphatic rings. The van der Waals surface area contributed by atoms with Crippen LogP contribution in [0.2, 0.25) is 5.02 Å². The van der Waals surface area contributed by atoms with Gasteiger partial charge in [-0.2, -0.15) is 0 Å². The van der Waals surface area contributed by atoms with E-state index in [0.717, 1.165) is 0 Å².